The smallest absolute Gasteiger partial charge is 0.129 e. The van der Waals surface area contributed by atoms with E-state index in [4.69, 9.17) is 0 Å². The maximum absolute atomic E-state index is 13.4. The van der Waals surface area contributed by atoms with Crippen molar-refractivity contribution in [3.8, 4) is 0 Å². The minimum absolute atomic E-state index is 0.101. The maximum atomic E-state index is 13.4. The molecule has 0 saturated heterocycles. The minimum Gasteiger partial charge on any atom is -0.308 e. The molecule has 1 N–H and O–H groups in total. The average Bonchev–Trinajstić information content (AvgIpc) is 2.79. The van der Waals surface area contributed by atoms with Crippen molar-refractivity contribution in [3.05, 3.63) is 51.2 Å². The Labute approximate surface area is 105 Å². The van der Waals surface area contributed by atoms with E-state index in [2.05, 4.69) is 10.3 Å². The number of hydrogen-bond donors (Lipinski definition) is 1. The third kappa shape index (κ3) is 3.11. The second-order valence-electron chi connectivity index (χ2n) is 4.11. The van der Waals surface area contributed by atoms with Crippen molar-refractivity contribution >= 4 is 11.3 Å². The summed E-state index contributed by atoms with van der Waals surface area (Å²) in [5.74, 6) is -0.101. The van der Waals surface area contributed by atoms with Crippen molar-refractivity contribution in [2.24, 2.45) is 0 Å². The summed E-state index contributed by atoms with van der Waals surface area (Å²) >= 11 is 1.63. The van der Waals surface area contributed by atoms with Gasteiger partial charge in [0.2, 0.25) is 0 Å². The fourth-order valence-electron chi connectivity index (χ4n) is 1.80. The van der Waals surface area contributed by atoms with Gasteiger partial charge in [-0.05, 0) is 30.5 Å². The van der Waals surface area contributed by atoms with Crippen LogP contribution in [0.15, 0.2) is 23.8 Å². The predicted molar refractivity (Wildman–Crippen MR) is 68.5 cm³/mol. The lowest BCUT2D eigenvalue weighted by atomic mass is 10.1. The first-order chi connectivity index (χ1) is 8.16. The van der Waals surface area contributed by atoms with E-state index in [1.807, 2.05) is 23.8 Å². The Morgan fingerprint density at radius 1 is 1.24 bits per heavy atom. The lowest BCUT2D eigenvalue weighted by Crippen LogP contribution is -2.12. The van der Waals surface area contributed by atoms with Gasteiger partial charge in [0.15, 0.2) is 0 Å². The third-order valence-electron chi connectivity index (χ3n) is 2.61. The molecular formula is C13H15FN2S. The molecule has 0 aliphatic heterocycles. The summed E-state index contributed by atoms with van der Waals surface area (Å²) < 4.78 is 13.4. The van der Waals surface area contributed by atoms with E-state index in [1.165, 1.54) is 4.88 Å². The normalized spacial score (nSPS) is 10.8. The van der Waals surface area contributed by atoms with Gasteiger partial charge < -0.3 is 5.32 Å². The van der Waals surface area contributed by atoms with E-state index < -0.39 is 0 Å². The fraction of sp³-hybridized carbons (Fsp3) is 0.308. The van der Waals surface area contributed by atoms with Gasteiger partial charge >= 0.3 is 0 Å². The Kier molecular flexibility index (Phi) is 3.86. The highest BCUT2D eigenvalue weighted by molar-refractivity contribution is 7.09. The highest BCUT2D eigenvalue weighted by Gasteiger charge is 2.04. The van der Waals surface area contributed by atoms with E-state index in [1.54, 1.807) is 25.2 Å². The summed E-state index contributed by atoms with van der Waals surface area (Å²) in [5, 5.41) is 3.33. The highest BCUT2D eigenvalue weighted by Crippen LogP contribution is 2.14. The molecule has 1 aromatic carbocycles. The highest BCUT2D eigenvalue weighted by atomic mass is 32.1. The van der Waals surface area contributed by atoms with Crippen molar-refractivity contribution in [2.75, 3.05) is 0 Å². The first-order valence-corrected chi connectivity index (χ1v) is 6.38. The lowest BCUT2D eigenvalue weighted by Gasteiger charge is -2.07. The van der Waals surface area contributed by atoms with E-state index in [0.29, 0.717) is 11.1 Å². The van der Waals surface area contributed by atoms with Crippen LogP contribution in [0.25, 0.3) is 0 Å². The molecule has 0 fully saturated rings. The maximum Gasteiger partial charge on any atom is 0.129 e. The van der Waals surface area contributed by atoms with Crippen LogP contribution in [-0.4, -0.2) is 4.98 Å². The van der Waals surface area contributed by atoms with Crippen LogP contribution in [0.1, 0.15) is 21.6 Å². The second-order valence-corrected chi connectivity index (χ2v) is 5.09. The minimum atomic E-state index is -0.101. The molecule has 0 unspecified atom stereocenters. The van der Waals surface area contributed by atoms with Gasteiger partial charge in [0.1, 0.15) is 5.82 Å². The van der Waals surface area contributed by atoms with Gasteiger partial charge in [-0.3, -0.25) is 4.98 Å². The van der Waals surface area contributed by atoms with Crippen LogP contribution in [0.5, 0.6) is 0 Å². The molecule has 2 nitrogen and oxygen atoms in total. The number of halogens is 1. The predicted octanol–water partition coefficient (Wildman–Crippen LogP) is 3.19. The topological polar surface area (TPSA) is 24.9 Å². The number of thiazole rings is 1. The molecule has 1 aromatic heterocycles. The Bertz CT molecular complexity index is 471. The van der Waals surface area contributed by atoms with E-state index >= 15 is 0 Å². The Morgan fingerprint density at radius 3 is 2.53 bits per heavy atom. The van der Waals surface area contributed by atoms with Gasteiger partial charge in [-0.1, -0.05) is 12.1 Å². The summed E-state index contributed by atoms with van der Waals surface area (Å²) in [6.45, 7) is 5.16. The molecule has 0 amide bonds. The summed E-state index contributed by atoms with van der Waals surface area (Å²) in [4.78, 5) is 5.23. The van der Waals surface area contributed by atoms with E-state index in [9.17, 15) is 4.39 Å². The Balaban J connectivity index is 1.95. The molecule has 1 heterocycles. The van der Waals surface area contributed by atoms with Gasteiger partial charge in [-0.2, -0.15) is 0 Å². The number of nitrogens with one attached hydrogen (secondary N) is 1. The van der Waals surface area contributed by atoms with Gasteiger partial charge in [0, 0.05) is 24.2 Å². The molecule has 0 atom stereocenters. The molecule has 0 bridgehead atoms. The van der Waals surface area contributed by atoms with Crippen molar-refractivity contribution in [3.63, 3.8) is 0 Å². The van der Waals surface area contributed by atoms with Gasteiger partial charge in [-0.25, -0.2) is 4.39 Å². The molecule has 90 valence electrons. The van der Waals surface area contributed by atoms with Gasteiger partial charge in [0.05, 0.1) is 5.51 Å². The molecular weight excluding hydrogens is 235 g/mol. The first kappa shape index (κ1) is 12.2. The Morgan fingerprint density at radius 2 is 1.94 bits per heavy atom. The molecule has 2 aromatic rings. The molecule has 0 spiro atoms. The fourth-order valence-corrected chi connectivity index (χ4v) is 2.36. The summed E-state index contributed by atoms with van der Waals surface area (Å²) in [7, 11) is 0. The summed E-state index contributed by atoms with van der Waals surface area (Å²) in [6.07, 6.45) is 1.86. The zero-order valence-corrected chi connectivity index (χ0v) is 10.8. The molecule has 4 heteroatoms. The van der Waals surface area contributed by atoms with E-state index in [0.717, 1.165) is 18.7 Å². The molecule has 0 saturated carbocycles. The van der Waals surface area contributed by atoms with Crippen LogP contribution in [-0.2, 0) is 13.1 Å². The van der Waals surface area contributed by atoms with Crippen molar-refractivity contribution < 1.29 is 4.39 Å². The molecule has 0 aliphatic rings. The second kappa shape index (κ2) is 5.38. The van der Waals surface area contributed by atoms with Crippen LogP contribution < -0.4 is 5.32 Å². The number of nitrogens with zero attached hydrogens (tertiary/aromatic N) is 1. The molecule has 2 rings (SSSR count). The zero-order chi connectivity index (χ0) is 12.3. The molecule has 0 radical (unpaired) electrons. The van der Waals surface area contributed by atoms with Crippen molar-refractivity contribution in [1.82, 2.24) is 10.3 Å². The molecule has 0 aliphatic carbocycles. The standard InChI is InChI=1S/C13H15FN2S/c1-9-3-11(4-10(2)13(9)14)5-15-6-12-7-16-8-17-12/h3-4,7-8,15H,5-6H2,1-2H3. The number of benzene rings is 1. The number of hydrogen-bond acceptors (Lipinski definition) is 3. The van der Waals surface area contributed by atoms with Gasteiger partial charge in [-0.15, -0.1) is 11.3 Å². The van der Waals surface area contributed by atoms with Crippen LogP contribution in [0.3, 0.4) is 0 Å². The number of aryl methyl sites for hydroxylation is 2. The van der Waals surface area contributed by atoms with Crippen LogP contribution >= 0.6 is 11.3 Å². The van der Waals surface area contributed by atoms with Crippen LogP contribution in [0.2, 0.25) is 0 Å². The van der Waals surface area contributed by atoms with E-state index in [-0.39, 0.29) is 5.82 Å². The summed E-state index contributed by atoms with van der Waals surface area (Å²) in [6, 6.07) is 3.78. The van der Waals surface area contributed by atoms with Crippen LogP contribution in [0, 0.1) is 19.7 Å². The SMILES string of the molecule is Cc1cc(CNCc2cncs2)cc(C)c1F. The monoisotopic (exact) mass is 250 g/mol. The number of rotatable bonds is 4. The van der Waals surface area contributed by atoms with Crippen LogP contribution in [0.4, 0.5) is 4.39 Å². The Hall–Kier alpha value is -1.26. The van der Waals surface area contributed by atoms with Gasteiger partial charge in [0.25, 0.3) is 0 Å². The first-order valence-electron chi connectivity index (χ1n) is 5.50. The zero-order valence-electron chi connectivity index (χ0n) is 9.96. The van der Waals surface area contributed by atoms with Crippen molar-refractivity contribution in [1.29, 1.82) is 0 Å². The average molecular weight is 250 g/mol. The number of aromatic nitrogens is 1. The third-order valence-corrected chi connectivity index (χ3v) is 3.39. The van der Waals surface area contributed by atoms with Crippen molar-refractivity contribution in [2.45, 2.75) is 26.9 Å². The summed E-state index contributed by atoms with van der Waals surface area (Å²) in [5.41, 5.74) is 4.36. The molecule has 17 heavy (non-hydrogen) atoms. The largest absolute Gasteiger partial charge is 0.308 e. The lowest BCUT2D eigenvalue weighted by molar-refractivity contribution is 0.606. The quantitative estimate of drug-likeness (QED) is 0.901.